The summed E-state index contributed by atoms with van der Waals surface area (Å²) in [6.07, 6.45) is 3.05. The molecule has 0 unspecified atom stereocenters. The Kier molecular flexibility index (Phi) is 3.93. The maximum absolute atomic E-state index is 4.26. The van der Waals surface area contributed by atoms with Crippen LogP contribution in [-0.2, 0) is 0 Å². The molecule has 1 N–H and O–H groups in total. The summed E-state index contributed by atoms with van der Waals surface area (Å²) in [5.74, 6) is 0.654. The minimum atomic E-state index is 0.541. The first kappa shape index (κ1) is 11.0. The van der Waals surface area contributed by atoms with Crippen LogP contribution in [0, 0.1) is 12.8 Å². The van der Waals surface area contributed by atoms with Crippen LogP contribution >= 0.6 is 0 Å². The Bertz CT molecular complexity index is 264. The van der Waals surface area contributed by atoms with Crippen LogP contribution in [0.3, 0.4) is 0 Å². The fourth-order valence-corrected chi connectivity index (χ4v) is 1.51. The average Bonchev–Trinajstić information content (AvgIpc) is 2.16. The molecule has 0 aliphatic heterocycles. The maximum atomic E-state index is 4.26. The second-order valence-corrected chi connectivity index (χ2v) is 4.09. The Morgan fingerprint density at radius 3 is 2.50 bits per heavy atom. The number of aryl methyl sites for hydroxylation is 1. The van der Waals surface area contributed by atoms with Crippen LogP contribution in [-0.4, -0.2) is 11.0 Å². The lowest BCUT2D eigenvalue weighted by molar-refractivity contribution is 0.511. The van der Waals surface area contributed by atoms with E-state index in [-0.39, 0.29) is 0 Å². The van der Waals surface area contributed by atoms with Crippen LogP contribution in [0.2, 0.25) is 0 Å². The minimum absolute atomic E-state index is 0.541. The number of nitrogens with zero attached hydrogens (tertiary/aromatic N) is 1. The molecule has 0 aliphatic rings. The molecule has 0 amide bonds. The maximum Gasteiger partial charge on any atom is 0.0529 e. The predicted octanol–water partition coefficient (Wildman–Crippen LogP) is 3.24. The number of aromatic nitrogens is 1. The van der Waals surface area contributed by atoms with Gasteiger partial charge in [-0.05, 0) is 31.4 Å². The summed E-state index contributed by atoms with van der Waals surface area (Å²) < 4.78 is 0. The second kappa shape index (κ2) is 4.99. The summed E-state index contributed by atoms with van der Waals surface area (Å²) in [5, 5.41) is 3.49. The number of rotatable bonds is 4. The standard InChI is InChI=1S/C12H20N2/c1-5-12(9(2)3)14-11-7-6-10(4)13-8-11/h6-9,12,14H,5H2,1-4H3/t12-/m1/s1. The van der Waals surface area contributed by atoms with E-state index in [0.29, 0.717) is 12.0 Å². The molecule has 1 aromatic heterocycles. The molecule has 14 heavy (non-hydrogen) atoms. The molecule has 0 bridgehead atoms. The highest BCUT2D eigenvalue weighted by Crippen LogP contribution is 2.14. The molecule has 1 aromatic rings. The third kappa shape index (κ3) is 3.02. The first-order valence-electron chi connectivity index (χ1n) is 5.32. The van der Waals surface area contributed by atoms with Gasteiger partial charge in [0.05, 0.1) is 11.9 Å². The third-order valence-electron chi connectivity index (χ3n) is 2.51. The van der Waals surface area contributed by atoms with E-state index in [9.17, 15) is 0 Å². The predicted molar refractivity (Wildman–Crippen MR) is 61.5 cm³/mol. The number of hydrogen-bond donors (Lipinski definition) is 1. The van der Waals surface area contributed by atoms with Crippen molar-refractivity contribution in [2.75, 3.05) is 5.32 Å². The monoisotopic (exact) mass is 192 g/mol. The number of hydrogen-bond acceptors (Lipinski definition) is 2. The molecule has 0 aliphatic carbocycles. The quantitative estimate of drug-likeness (QED) is 0.792. The van der Waals surface area contributed by atoms with Crippen molar-refractivity contribution in [2.45, 2.75) is 40.2 Å². The molecule has 1 atom stereocenters. The first-order chi connectivity index (χ1) is 6.63. The molecule has 1 heterocycles. The molecule has 0 spiro atoms. The fraction of sp³-hybridized carbons (Fsp3) is 0.583. The summed E-state index contributed by atoms with van der Waals surface area (Å²) in [6, 6.07) is 4.67. The van der Waals surface area contributed by atoms with Crippen LogP contribution in [0.25, 0.3) is 0 Å². The van der Waals surface area contributed by atoms with Gasteiger partial charge in [-0.25, -0.2) is 0 Å². The van der Waals surface area contributed by atoms with Gasteiger partial charge in [0.25, 0.3) is 0 Å². The molecule has 0 saturated heterocycles. The van der Waals surface area contributed by atoms with Crippen LogP contribution in [0.5, 0.6) is 0 Å². The Hall–Kier alpha value is -1.05. The van der Waals surface area contributed by atoms with Crippen molar-refractivity contribution in [1.82, 2.24) is 4.98 Å². The highest BCUT2D eigenvalue weighted by molar-refractivity contribution is 5.41. The topological polar surface area (TPSA) is 24.9 Å². The van der Waals surface area contributed by atoms with Crippen molar-refractivity contribution in [2.24, 2.45) is 5.92 Å². The van der Waals surface area contributed by atoms with Crippen LogP contribution in [0.15, 0.2) is 18.3 Å². The van der Waals surface area contributed by atoms with E-state index < -0.39 is 0 Å². The molecule has 1 rings (SSSR count). The van der Waals surface area contributed by atoms with E-state index in [1.54, 1.807) is 0 Å². The SMILES string of the molecule is CC[C@@H](Nc1ccc(C)nc1)C(C)C. The summed E-state index contributed by atoms with van der Waals surface area (Å²) in [6.45, 7) is 8.69. The van der Waals surface area contributed by atoms with E-state index in [0.717, 1.165) is 17.8 Å². The molecule has 0 saturated carbocycles. The summed E-state index contributed by atoms with van der Waals surface area (Å²) >= 11 is 0. The van der Waals surface area contributed by atoms with E-state index in [4.69, 9.17) is 0 Å². The Morgan fingerprint density at radius 2 is 2.07 bits per heavy atom. The average molecular weight is 192 g/mol. The van der Waals surface area contributed by atoms with Crippen molar-refractivity contribution in [3.05, 3.63) is 24.0 Å². The lowest BCUT2D eigenvalue weighted by Gasteiger charge is -2.21. The van der Waals surface area contributed by atoms with Gasteiger partial charge in [0.1, 0.15) is 0 Å². The highest BCUT2D eigenvalue weighted by Gasteiger charge is 2.09. The van der Waals surface area contributed by atoms with Crippen LogP contribution < -0.4 is 5.32 Å². The number of anilines is 1. The van der Waals surface area contributed by atoms with Gasteiger partial charge in [0, 0.05) is 11.7 Å². The van der Waals surface area contributed by atoms with Crippen LogP contribution in [0.1, 0.15) is 32.9 Å². The summed E-state index contributed by atoms with van der Waals surface area (Å²) in [4.78, 5) is 4.26. The molecule has 0 radical (unpaired) electrons. The van der Waals surface area contributed by atoms with Crippen molar-refractivity contribution in [3.8, 4) is 0 Å². The van der Waals surface area contributed by atoms with Gasteiger partial charge in [-0.15, -0.1) is 0 Å². The van der Waals surface area contributed by atoms with E-state index in [2.05, 4.69) is 37.1 Å². The smallest absolute Gasteiger partial charge is 0.0529 e. The molecule has 2 nitrogen and oxygen atoms in total. The zero-order valence-corrected chi connectivity index (χ0v) is 9.54. The van der Waals surface area contributed by atoms with Gasteiger partial charge < -0.3 is 5.32 Å². The molecular weight excluding hydrogens is 172 g/mol. The zero-order chi connectivity index (χ0) is 10.6. The van der Waals surface area contributed by atoms with Gasteiger partial charge in [-0.2, -0.15) is 0 Å². The molecular formula is C12H20N2. The largest absolute Gasteiger partial charge is 0.381 e. The fourth-order valence-electron chi connectivity index (χ4n) is 1.51. The van der Waals surface area contributed by atoms with Crippen molar-refractivity contribution in [3.63, 3.8) is 0 Å². The Morgan fingerprint density at radius 1 is 1.36 bits per heavy atom. The van der Waals surface area contributed by atoms with E-state index >= 15 is 0 Å². The molecule has 0 aromatic carbocycles. The van der Waals surface area contributed by atoms with Crippen molar-refractivity contribution < 1.29 is 0 Å². The van der Waals surface area contributed by atoms with Gasteiger partial charge in [0.2, 0.25) is 0 Å². The van der Waals surface area contributed by atoms with Gasteiger partial charge in [-0.1, -0.05) is 20.8 Å². The first-order valence-corrected chi connectivity index (χ1v) is 5.32. The van der Waals surface area contributed by atoms with Gasteiger partial charge in [-0.3, -0.25) is 4.98 Å². The van der Waals surface area contributed by atoms with E-state index in [1.807, 2.05) is 19.2 Å². The third-order valence-corrected chi connectivity index (χ3v) is 2.51. The lowest BCUT2D eigenvalue weighted by Crippen LogP contribution is -2.24. The second-order valence-electron chi connectivity index (χ2n) is 4.09. The van der Waals surface area contributed by atoms with Crippen molar-refractivity contribution in [1.29, 1.82) is 0 Å². The molecule has 78 valence electrons. The number of pyridine rings is 1. The van der Waals surface area contributed by atoms with Crippen LogP contribution in [0.4, 0.5) is 5.69 Å². The zero-order valence-electron chi connectivity index (χ0n) is 9.54. The Labute approximate surface area is 86.8 Å². The van der Waals surface area contributed by atoms with Gasteiger partial charge >= 0.3 is 0 Å². The lowest BCUT2D eigenvalue weighted by atomic mass is 10.0. The van der Waals surface area contributed by atoms with Gasteiger partial charge in [0.15, 0.2) is 0 Å². The van der Waals surface area contributed by atoms with Crippen molar-refractivity contribution >= 4 is 5.69 Å². The Balaban J connectivity index is 2.63. The minimum Gasteiger partial charge on any atom is -0.381 e. The highest BCUT2D eigenvalue weighted by atomic mass is 14.9. The summed E-state index contributed by atoms with van der Waals surface area (Å²) in [7, 11) is 0. The van der Waals surface area contributed by atoms with E-state index in [1.165, 1.54) is 0 Å². The molecule has 0 fully saturated rings. The summed E-state index contributed by atoms with van der Waals surface area (Å²) in [5.41, 5.74) is 2.18. The number of nitrogens with one attached hydrogen (secondary N) is 1. The normalized spacial score (nSPS) is 12.9. The molecule has 2 heteroatoms.